The zero-order valence-electron chi connectivity index (χ0n) is 11.9. The molecule has 0 amide bonds. The Balaban J connectivity index is 2.03. The lowest BCUT2D eigenvalue weighted by atomic mass is 10.1. The number of halogens is 1. The van der Waals surface area contributed by atoms with Gasteiger partial charge >= 0.3 is 0 Å². The van der Waals surface area contributed by atoms with E-state index in [-0.39, 0.29) is 0 Å². The van der Waals surface area contributed by atoms with Crippen molar-refractivity contribution >= 4 is 21.6 Å². The summed E-state index contributed by atoms with van der Waals surface area (Å²) in [5.74, 6) is 0.786. The van der Waals surface area contributed by atoms with Crippen molar-refractivity contribution in [2.45, 2.75) is 13.8 Å². The molecule has 0 bridgehead atoms. The zero-order valence-corrected chi connectivity index (χ0v) is 13.5. The molecule has 0 aliphatic rings. The van der Waals surface area contributed by atoms with Gasteiger partial charge in [0.15, 0.2) is 0 Å². The van der Waals surface area contributed by atoms with Crippen LogP contribution in [0.1, 0.15) is 11.1 Å². The van der Waals surface area contributed by atoms with Gasteiger partial charge in [0, 0.05) is 21.3 Å². The Morgan fingerprint density at radius 3 is 2.43 bits per heavy atom. The molecule has 0 atom stereocenters. The van der Waals surface area contributed by atoms with Gasteiger partial charge in [-0.1, -0.05) is 33.1 Å². The van der Waals surface area contributed by atoms with Gasteiger partial charge in [-0.2, -0.15) is 0 Å². The number of rotatable bonds is 2. The third kappa shape index (κ3) is 2.85. The molecular weight excluding hydrogens is 326 g/mol. The molecular formula is C17H16BrN3. The molecule has 106 valence electrons. The van der Waals surface area contributed by atoms with Crippen LogP contribution in [0.4, 0.5) is 5.69 Å². The maximum absolute atomic E-state index is 6.06. The molecule has 0 unspecified atom stereocenters. The number of hydrogen-bond acceptors (Lipinski definition) is 2. The van der Waals surface area contributed by atoms with Gasteiger partial charge in [0.2, 0.25) is 0 Å². The molecule has 3 aromatic rings. The summed E-state index contributed by atoms with van der Waals surface area (Å²) in [5, 5.41) is 0. The summed E-state index contributed by atoms with van der Waals surface area (Å²) >= 11 is 3.42. The van der Waals surface area contributed by atoms with Crippen molar-refractivity contribution < 1.29 is 0 Å². The maximum atomic E-state index is 6.06. The molecule has 3 rings (SSSR count). The number of aryl methyl sites for hydroxylation is 2. The molecule has 2 aromatic carbocycles. The minimum absolute atomic E-state index is 0.700. The molecule has 0 spiro atoms. The predicted octanol–water partition coefficient (Wildman–Crippen LogP) is 4.71. The topological polar surface area (TPSA) is 54.7 Å². The molecule has 0 fully saturated rings. The molecule has 0 saturated heterocycles. The van der Waals surface area contributed by atoms with E-state index in [9.17, 15) is 0 Å². The van der Waals surface area contributed by atoms with Gasteiger partial charge in [0.1, 0.15) is 5.82 Å². The van der Waals surface area contributed by atoms with Crippen LogP contribution in [0.2, 0.25) is 0 Å². The number of hydrogen-bond donors (Lipinski definition) is 2. The van der Waals surface area contributed by atoms with E-state index in [2.05, 4.69) is 57.9 Å². The van der Waals surface area contributed by atoms with E-state index in [1.165, 1.54) is 11.1 Å². The van der Waals surface area contributed by atoms with Gasteiger partial charge in [0.25, 0.3) is 0 Å². The van der Waals surface area contributed by atoms with Crippen LogP contribution in [0, 0.1) is 13.8 Å². The summed E-state index contributed by atoms with van der Waals surface area (Å²) in [6.07, 6.45) is 1.85. The Hall–Kier alpha value is -2.07. The van der Waals surface area contributed by atoms with Gasteiger partial charge in [-0.15, -0.1) is 0 Å². The van der Waals surface area contributed by atoms with Crippen LogP contribution < -0.4 is 5.73 Å². The molecule has 3 N–H and O–H groups in total. The molecule has 0 saturated carbocycles. The summed E-state index contributed by atoms with van der Waals surface area (Å²) in [6, 6.07) is 12.3. The highest BCUT2D eigenvalue weighted by molar-refractivity contribution is 9.10. The van der Waals surface area contributed by atoms with Crippen LogP contribution in [0.15, 0.2) is 47.1 Å². The molecule has 21 heavy (non-hydrogen) atoms. The molecule has 0 aliphatic heterocycles. The maximum Gasteiger partial charge on any atom is 0.139 e. The summed E-state index contributed by atoms with van der Waals surface area (Å²) < 4.78 is 0.963. The Labute approximate surface area is 132 Å². The number of H-pyrrole nitrogens is 1. The fourth-order valence-electron chi connectivity index (χ4n) is 2.48. The number of nitrogen functional groups attached to an aromatic ring is 1. The number of imidazole rings is 1. The van der Waals surface area contributed by atoms with Crippen molar-refractivity contribution in [1.29, 1.82) is 0 Å². The van der Waals surface area contributed by atoms with Gasteiger partial charge in [0.05, 0.1) is 11.9 Å². The van der Waals surface area contributed by atoms with E-state index >= 15 is 0 Å². The second-order valence-corrected chi connectivity index (χ2v) is 6.17. The average molecular weight is 342 g/mol. The molecule has 0 aliphatic carbocycles. The van der Waals surface area contributed by atoms with Crippen LogP contribution >= 0.6 is 15.9 Å². The Morgan fingerprint density at radius 1 is 1.05 bits per heavy atom. The van der Waals surface area contributed by atoms with E-state index < -0.39 is 0 Å². The highest BCUT2D eigenvalue weighted by atomic mass is 79.9. The number of aromatic amines is 1. The molecule has 3 nitrogen and oxygen atoms in total. The average Bonchev–Trinajstić information content (AvgIpc) is 2.87. The van der Waals surface area contributed by atoms with Crippen molar-refractivity contribution in [2.75, 3.05) is 5.73 Å². The fourth-order valence-corrected chi connectivity index (χ4v) is 2.86. The lowest BCUT2D eigenvalue weighted by Gasteiger charge is -2.04. The lowest BCUT2D eigenvalue weighted by Crippen LogP contribution is -1.91. The minimum Gasteiger partial charge on any atom is -0.398 e. The van der Waals surface area contributed by atoms with E-state index in [0.29, 0.717) is 5.69 Å². The van der Waals surface area contributed by atoms with Gasteiger partial charge in [-0.25, -0.2) is 4.98 Å². The van der Waals surface area contributed by atoms with Gasteiger partial charge < -0.3 is 10.7 Å². The Bertz CT molecular complexity index is 785. The number of anilines is 1. The van der Waals surface area contributed by atoms with Crippen molar-refractivity contribution in [3.63, 3.8) is 0 Å². The third-order valence-electron chi connectivity index (χ3n) is 3.38. The number of nitrogens with two attached hydrogens (primary N) is 1. The standard InChI is InChI=1S/C17H16BrN3/c1-10-5-11(2)7-12(6-10)16-9-20-17(21-16)14-4-3-13(18)8-15(14)19/h3-9H,19H2,1-2H3,(H,20,21). The van der Waals surface area contributed by atoms with Crippen LogP contribution in [0.5, 0.6) is 0 Å². The van der Waals surface area contributed by atoms with Crippen molar-refractivity contribution in [3.05, 3.63) is 58.2 Å². The lowest BCUT2D eigenvalue weighted by molar-refractivity contribution is 1.30. The van der Waals surface area contributed by atoms with Gasteiger partial charge in [-0.3, -0.25) is 0 Å². The van der Waals surface area contributed by atoms with Crippen molar-refractivity contribution in [3.8, 4) is 22.6 Å². The number of benzene rings is 2. The first-order chi connectivity index (χ1) is 10.0. The Kier molecular flexibility index (Phi) is 3.55. The van der Waals surface area contributed by atoms with Crippen molar-refractivity contribution in [2.24, 2.45) is 0 Å². The highest BCUT2D eigenvalue weighted by Gasteiger charge is 2.09. The monoisotopic (exact) mass is 341 g/mol. The highest BCUT2D eigenvalue weighted by Crippen LogP contribution is 2.29. The Morgan fingerprint density at radius 2 is 1.76 bits per heavy atom. The van der Waals surface area contributed by atoms with Crippen LogP contribution in [-0.2, 0) is 0 Å². The molecule has 1 aromatic heterocycles. The van der Waals surface area contributed by atoms with E-state index in [1.54, 1.807) is 0 Å². The van der Waals surface area contributed by atoms with Gasteiger partial charge in [-0.05, 0) is 44.2 Å². The van der Waals surface area contributed by atoms with E-state index in [4.69, 9.17) is 5.73 Å². The normalized spacial score (nSPS) is 10.8. The minimum atomic E-state index is 0.700. The quantitative estimate of drug-likeness (QED) is 0.663. The third-order valence-corrected chi connectivity index (χ3v) is 3.87. The first kappa shape index (κ1) is 13.9. The largest absolute Gasteiger partial charge is 0.398 e. The zero-order chi connectivity index (χ0) is 15.0. The first-order valence-corrected chi connectivity index (χ1v) is 7.51. The smallest absolute Gasteiger partial charge is 0.139 e. The molecule has 1 heterocycles. The van der Waals surface area contributed by atoms with E-state index in [0.717, 1.165) is 27.1 Å². The first-order valence-electron chi connectivity index (χ1n) is 6.72. The van der Waals surface area contributed by atoms with E-state index in [1.807, 2.05) is 24.4 Å². The van der Waals surface area contributed by atoms with Crippen LogP contribution in [-0.4, -0.2) is 9.97 Å². The number of aromatic nitrogens is 2. The van der Waals surface area contributed by atoms with Crippen LogP contribution in [0.25, 0.3) is 22.6 Å². The van der Waals surface area contributed by atoms with Crippen LogP contribution in [0.3, 0.4) is 0 Å². The number of nitrogens with zero attached hydrogens (tertiary/aromatic N) is 1. The predicted molar refractivity (Wildman–Crippen MR) is 91.0 cm³/mol. The second kappa shape index (κ2) is 5.37. The summed E-state index contributed by atoms with van der Waals surface area (Å²) in [7, 11) is 0. The SMILES string of the molecule is Cc1cc(C)cc(-c2cnc(-c3ccc(Br)cc3N)[nH]2)c1. The summed E-state index contributed by atoms with van der Waals surface area (Å²) in [5.41, 5.74) is 12.3. The molecule has 0 radical (unpaired) electrons. The molecule has 4 heteroatoms. The fraction of sp³-hybridized carbons (Fsp3) is 0.118. The summed E-state index contributed by atoms with van der Waals surface area (Å²) in [6.45, 7) is 4.20. The number of nitrogens with one attached hydrogen (secondary N) is 1. The second-order valence-electron chi connectivity index (χ2n) is 5.25. The van der Waals surface area contributed by atoms with Crippen molar-refractivity contribution in [1.82, 2.24) is 9.97 Å². The summed E-state index contributed by atoms with van der Waals surface area (Å²) in [4.78, 5) is 7.82.